The number of nitrogens with zero attached hydrogens (tertiary/aromatic N) is 1. The summed E-state index contributed by atoms with van der Waals surface area (Å²) >= 11 is 0. The summed E-state index contributed by atoms with van der Waals surface area (Å²) in [5.74, 6) is 0.721. The molecule has 5 heteroatoms. The third-order valence-electron chi connectivity index (χ3n) is 3.80. The van der Waals surface area contributed by atoms with E-state index in [2.05, 4.69) is 31.0 Å². The zero-order valence-corrected chi connectivity index (χ0v) is 14.0. The average molecular weight is 302 g/mol. The van der Waals surface area contributed by atoms with Crippen LogP contribution in [0.4, 0.5) is 0 Å². The highest BCUT2D eigenvalue weighted by Crippen LogP contribution is 2.04. The Bertz CT molecular complexity index is 252. The van der Waals surface area contributed by atoms with Crippen LogP contribution in [0.15, 0.2) is 0 Å². The Kier molecular flexibility index (Phi) is 10.2. The van der Waals surface area contributed by atoms with Crippen molar-refractivity contribution in [2.75, 3.05) is 52.5 Å². The first kappa shape index (κ1) is 18.8. The monoisotopic (exact) mass is 302 g/mol. The van der Waals surface area contributed by atoms with E-state index in [0.717, 1.165) is 51.7 Å². The van der Waals surface area contributed by atoms with Crippen LogP contribution >= 0.6 is 0 Å². The Hall–Kier alpha value is -0.200. The molecule has 2 unspecified atom stereocenters. The molecule has 0 aliphatic carbocycles. The second-order valence-corrected chi connectivity index (χ2v) is 6.31. The quantitative estimate of drug-likeness (QED) is 0.560. The lowest BCUT2D eigenvalue weighted by molar-refractivity contribution is -0.0276. The van der Waals surface area contributed by atoms with E-state index in [9.17, 15) is 5.11 Å². The number of likely N-dealkylation sites (N-methyl/N-ethyl adjacent to an activating group) is 1. The highest BCUT2D eigenvalue weighted by atomic mass is 16.5. The average Bonchev–Trinajstić information content (AvgIpc) is 2.47. The van der Waals surface area contributed by atoms with Crippen LogP contribution in [-0.4, -0.2) is 74.8 Å². The van der Waals surface area contributed by atoms with E-state index >= 15 is 0 Å². The molecule has 0 aromatic heterocycles. The summed E-state index contributed by atoms with van der Waals surface area (Å²) in [4.78, 5) is 2.39. The Labute approximate surface area is 130 Å². The zero-order valence-electron chi connectivity index (χ0n) is 14.0. The van der Waals surface area contributed by atoms with E-state index in [4.69, 9.17) is 9.47 Å². The summed E-state index contributed by atoms with van der Waals surface area (Å²) in [7, 11) is 0. The van der Waals surface area contributed by atoms with Crippen LogP contribution < -0.4 is 5.32 Å². The lowest BCUT2D eigenvalue weighted by atomic mass is 10.1. The van der Waals surface area contributed by atoms with Crippen molar-refractivity contribution in [3.05, 3.63) is 0 Å². The first-order valence-corrected chi connectivity index (χ1v) is 8.42. The number of aliphatic hydroxyl groups excluding tert-OH is 1. The van der Waals surface area contributed by atoms with Crippen LogP contribution in [0.5, 0.6) is 0 Å². The maximum absolute atomic E-state index is 9.85. The van der Waals surface area contributed by atoms with Crippen molar-refractivity contribution in [3.8, 4) is 0 Å². The molecule has 1 heterocycles. The lowest BCUT2D eigenvalue weighted by Crippen LogP contribution is -2.47. The number of rotatable bonds is 11. The first-order chi connectivity index (χ1) is 10.1. The predicted molar refractivity (Wildman–Crippen MR) is 85.6 cm³/mol. The summed E-state index contributed by atoms with van der Waals surface area (Å²) < 4.78 is 11.2. The standard InChI is InChI=1S/C16H34N2O3/c1-4-18-7-9-21-16(12-18)11-17-10-15(19)13-20-8-5-6-14(2)3/h14-17,19H,4-13H2,1-3H3. The lowest BCUT2D eigenvalue weighted by Gasteiger charge is -2.32. The maximum atomic E-state index is 9.85. The summed E-state index contributed by atoms with van der Waals surface area (Å²) in [6.45, 7) is 13.0. The van der Waals surface area contributed by atoms with Gasteiger partial charge >= 0.3 is 0 Å². The predicted octanol–water partition coefficient (Wildman–Crippen LogP) is 1.11. The minimum atomic E-state index is -0.435. The largest absolute Gasteiger partial charge is 0.389 e. The van der Waals surface area contributed by atoms with Crippen molar-refractivity contribution in [3.63, 3.8) is 0 Å². The van der Waals surface area contributed by atoms with Crippen LogP contribution in [0.3, 0.4) is 0 Å². The topological polar surface area (TPSA) is 54.0 Å². The van der Waals surface area contributed by atoms with E-state index in [1.807, 2.05) is 0 Å². The fourth-order valence-corrected chi connectivity index (χ4v) is 2.47. The molecule has 126 valence electrons. The van der Waals surface area contributed by atoms with Gasteiger partial charge in [-0.3, -0.25) is 4.90 Å². The van der Waals surface area contributed by atoms with Crippen molar-refractivity contribution in [2.24, 2.45) is 5.92 Å². The summed E-state index contributed by atoms with van der Waals surface area (Å²) in [6.07, 6.45) is 2.05. The van der Waals surface area contributed by atoms with Gasteiger partial charge in [0.25, 0.3) is 0 Å². The third kappa shape index (κ3) is 9.42. The molecule has 1 fully saturated rings. The second-order valence-electron chi connectivity index (χ2n) is 6.31. The Morgan fingerprint density at radius 1 is 1.43 bits per heavy atom. The molecular weight excluding hydrogens is 268 g/mol. The Balaban J connectivity index is 1.96. The molecule has 1 saturated heterocycles. The Morgan fingerprint density at radius 3 is 2.95 bits per heavy atom. The van der Waals surface area contributed by atoms with Crippen LogP contribution in [-0.2, 0) is 9.47 Å². The number of aliphatic hydroxyl groups is 1. The van der Waals surface area contributed by atoms with Gasteiger partial charge in [-0.1, -0.05) is 20.8 Å². The van der Waals surface area contributed by atoms with Crippen molar-refractivity contribution < 1.29 is 14.6 Å². The molecule has 1 aliphatic rings. The van der Waals surface area contributed by atoms with Crippen LogP contribution in [0.1, 0.15) is 33.6 Å². The fraction of sp³-hybridized carbons (Fsp3) is 1.00. The molecule has 0 amide bonds. The first-order valence-electron chi connectivity index (χ1n) is 8.42. The van der Waals surface area contributed by atoms with E-state index in [1.54, 1.807) is 0 Å². The van der Waals surface area contributed by atoms with Crippen LogP contribution in [0, 0.1) is 5.92 Å². The van der Waals surface area contributed by atoms with Gasteiger partial charge in [-0.15, -0.1) is 0 Å². The Morgan fingerprint density at radius 2 is 2.24 bits per heavy atom. The SMILES string of the molecule is CCN1CCOC(CNCC(O)COCCCC(C)C)C1. The van der Waals surface area contributed by atoms with Gasteiger partial charge in [-0.2, -0.15) is 0 Å². The molecule has 21 heavy (non-hydrogen) atoms. The number of nitrogens with one attached hydrogen (secondary N) is 1. The molecule has 0 spiro atoms. The molecule has 2 atom stereocenters. The summed E-state index contributed by atoms with van der Waals surface area (Å²) in [6, 6.07) is 0. The molecule has 0 saturated carbocycles. The fourth-order valence-electron chi connectivity index (χ4n) is 2.47. The van der Waals surface area contributed by atoms with Gasteiger partial charge in [0.2, 0.25) is 0 Å². The van der Waals surface area contributed by atoms with Gasteiger partial charge in [-0.25, -0.2) is 0 Å². The molecule has 0 radical (unpaired) electrons. The van der Waals surface area contributed by atoms with Gasteiger partial charge in [-0.05, 0) is 25.3 Å². The highest BCUT2D eigenvalue weighted by molar-refractivity contribution is 4.73. The van der Waals surface area contributed by atoms with Gasteiger partial charge in [0.15, 0.2) is 0 Å². The normalized spacial score (nSPS) is 21.9. The minimum absolute atomic E-state index is 0.234. The van der Waals surface area contributed by atoms with Gasteiger partial charge in [0.1, 0.15) is 0 Å². The maximum Gasteiger partial charge on any atom is 0.0897 e. The zero-order chi connectivity index (χ0) is 15.5. The van der Waals surface area contributed by atoms with Crippen LogP contribution in [0.2, 0.25) is 0 Å². The molecule has 0 aromatic carbocycles. The highest BCUT2D eigenvalue weighted by Gasteiger charge is 2.18. The van der Waals surface area contributed by atoms with Crippen molar-refractivity contribution in [1.82, 2.24) is 10.2 Å². The number of morpholine rings is 1. The minimum Gasteiger partial charge on any atom is -0.389 e. The number of hydrogen-bond donors (Lipinski definition) is 2. The van der Waals surface area contributed by atoms with Gasteiger partial charge in [0.05, 0.1) is 25.4 Å². The molecule has 1 rings (SSSR count). The summed E-state index contributed by atoms with van der Waals surface area (Å²) in [5.41, 5.74) is 0. The molecule has 1 aliphatic heterocycles. The smallest absolute Gasteiger partial charge is 0.0897 e. The van der Waals surface area contributed by atoms with E-state index < -0.39 is 6.10 Å². The molecule has 0 aromatic rings. The van der Waals surface area contributed by atoms with E-state index in [1.165, 1.54) is 6.42 Å². The van der Waals surface area contributed by atoms with Crippen molar-refractivity contribution in [1.29, 1.82) is 0 Å². The molecule has 5 nitrogen and oxygen atoms in total. The van der Waals surface area contributed by atoms with Crippen molar-refractivity contribution in [2.45, 2.75) is 45.8 Å². The third-order valence-corrected chi connectivity index (χ3v) is 3.80. The molecular formula is C16H34N2O3. The van der Waals surface area contributed by atoms with Crippen LogP contribution in [0.25, 0.3) is 0 Å². The summed E-state index contributed by atoms with van der Waals surface area (Å²) in [5, 5.41) is 13.1. The molecule has 0 bridgehead atoms. The van der Waals surface area contributed by atoms with E-state index in [-0.39, 0.29) is 6.10 Å². The number of hydrogen-bond acceptors (Lipinski definition) is 5. The number of ether oxygens (including phenoxy) is 2. The van der Waals surface area contributed by atoms with Gasteiger partial charge in [0, 0.05) is 32.8 Å². The van der Waals surface area contributed by atoms with Gasteiger partial charge < -0.3 is 19.9 Å². The molecule has 2 N–H and O–H groups in total. The van der Waals surface area contributed by atoms with E-state index in [0.29, 0.717) is 13.2 Å². The van der Waals surface area contributed by atoms with Crippen molar-refractivity contribution >= 4 is 0 Å². The second kappa shape index (κ2) is 11.4.